The van der Waals surface area contributed by atoms with Gasteiger partial charge in [-0.05, 0) is 40.0 Å². The van der Waals surface area contributed by atoms with E-state index in [9.17, 15) is 0 Å². The molecule has 0 heterocycles. The van der Waals surface area contributed by atoms with E-state index in [4.69, 9.17) is 15.2 Å². The van der Waals surface area contributed by atoms with E-state index in [-0.39, 0.29) is 17.7 Å². The van der Waals surface area contributed by atoms with Crippen molar-refractivity contribution in [3.63, 3.8) is 0 Å². The highest BCUT2D eigenvalue weighted by atomic mass is 16.5. The van der Waals surface area contributed by atoms with E-state index in [1.165, 1.54) is 0 Å². The van der Waals surface area contributed by atoms with Gasteiger partial charge in [0.25, 0.3) is 0 Å². The van der Waals surface area contributed by atoms with E-state index >= 15 is 0 Å². The molecule has 0 aromatic carbocycles. The molecule has 3 nitrogen and oxygen atoms in total. The van der Waals surface area contributed by atoms with Gasteiger partial charge in [0.2, 0.25) is 0 Å². The van der Waals surface area contributed by atoms with Gasteiger partial charge < -0.3 is 15.2 Å². The van der Waals surface area contributed by atoms with Gasteiger partial charge in [-0.25, -0.2) is 0 Å². The van der Waals surface area contributed by atoms with Crippen molar-refractivity contribution in [3.8, 4) is 0 Å². The van der Waals surface area contributed by atoms with Gasteiger partial charge in [0.1, 0.15) is 0 Å². The first-order valence-electron chi connectivity index (χ1n) is 6.24. The second kappa shape index (κ2) is 7.25. The Balaban J connectivity index is 3.76. The fourth-order valence-corrected chi connectivity index (χ4v) is 1.75. The van der Waals surface area contributed by atoms with Crippen LogP contribution >= 0.6 is 0 Å². The normalized spacial score (nSPS) is 16.5. The Labute approximate surface area is 101 Å². The minimum absolute atomic E-state index is 0.0693. The number of nitrogens with two attached hydrogens (primary N) is 1. The minimum Gasteiger partial charge on any atom is -0.375 e. The second-order valence-electron chi connectivity index (χ2n) is 5.79. The van der Waals surface area contributed by atoms with Crippen molar-refractivity contribution in [1.29, 1.82) is 0 Å². The summed E-state index contributed by atoms with van der Waals surface area (Å²) in [7, 11) is 0. The van der Waals surface area contributed by atoms with Gasteiger partial charge in [-0.3, -0.25) is 0 Å². The lowest BCUT2D eigenvalue weighted by Gasteiger charge is -2.29. The average Bonchev–Trinajstić information content (AvgIpc) is 2.09. The highest BCUT2D eigenvalue weighted by molar-refractivity contribution is 4.71. The molecule has 1 unspecified atom stereocenters. The van der Waals surface area contributed by atoms with Crippen LogP contribution in [0.5, 0.6) is 0 Å². The highest BCUT2D eigenvalue weighted by Crippen LogP contribution is 2.20. The molecule has 0 bridgehead atoms. The summed E-state index contributed by atoms with van der Waals surface area (Å²) in [5.41, 5.74) is 5.55. The van der Waals surface area contributed by atoms with Crippen LogP contribution in [0.2, 0.25) is 0 Å². The molecule has 2 atom stereocenters. The summed E-state index contributed by atoms with van der Waals surface area (Å²) in [6.07, 6.45) is 1.17. The van der Waals surface area contributed by atoms with Crippen LogP contribution in [0.4, 0.5) is 0 Å². The Bertz CT molecular complexity index is 179. The first kappa shape index (κ1) is 15.9. The van der Waals surface area contributed by atoms with E-state index in [1.54, 1.807) is 0 Å². The van der Waals surface area contributed by atoms with E-state index < -0.39 is 0 Å². The molecule has 0 aliphatic carbocycles. The number of ether oxygens (including phenoxy) is 2. The zero-order valence-corrected chi connectivity index (χ0v) is 11.7. The maximum atomic E-state index is 5.87. The van der Waals surface area contributed by atoms with Crippen LogP contribution < -0.4 is 5.73 Å². The molecule has 0 spiro atoms. The average molecular weight is 231 g/mol. The largest absolute Gasteiger partial charge is 0.375 e. The zero-order valence-electron chi connectivity index (χ0n) is 11.7. The van der Waals surface area contributed by atoms with Crippen LogP contribution in [0.1, 0.15) is 48.0 Å². The van der Waals surface area contributed by atoms with Crippen LogP contribution in [-0.4, -0.2) is 31.0 Å². The molecule has 2 N–H and O–H groups in total. The summed E-state index contributed by atoms with van der Waals surface area (Å²) in [5, 5.41) is 0. The van der Waals surface area contributed by atoms with Crippen LogP contribution in [0, 0.1) is 5.92 Å². The van der Waals surface area contributed by atoms with E-state index in [2.05, 4.69) is 27.7 Å². The van der Waals surface area contributed by atoms with Crippen LogP contribution in [0.25, 0.3) is 0 Å². The molecular formula is C13H29NO2. The molecule has 0 amide bonds. The molecule has 98 valence electrons. The Morgan fingerprint density at radius 1 is 1.06 bits per heavy atom. The maximum absolute atomic E-state index is 5.87. The minimum atomic E-state index is -0.0693. The number of rotatable bonds is 8. The first-order valence-corrected chi connectivity index (χ1v) is 6.24. The van der Waals surface area contributed by atoms with Gasteiger partial charge in [-0.1, -0.05) is 13.8 Å². The first-order chi connectivity index (χ1) is 7.23. The Morgan fingerprint density at radius 2 is 1.62 bits per heavy atom. The number of hydrogen-bond acceptors (Lipinski definition) is 3. The lowest BCUT2D eigenvalue weighted by atomic mass is 9.96. The van der Waals surface area contributed by atoms with Crippen molar-refractivity contribution in [2.45, 2.75) is 65.7 Å². The molecule has 0 aliphatic rings. The van der Waals surface area contributed by atoms with Crippen molar-refractivity contribution in [2.75, 3.05) is 13.2 Å². The lowest BCUT2D eigenvalue weighted by molar-refractivity contribution is -0.0835. The maximum Gasteiger partial charge on any atom is 0.0781 e. The van der Waals surface area contributed by atoms with Crippen molar-refractivity contribution < 1.29 is 9.47 Å². The summed E-state index contributed by atoms with van der Waals surface area (Å²) in [5.74, 6) is 0.648. The van der Waals surface area contributed by atoms with E-state index in [1.807, 2.05) is 13.8 Å². The van der Waals surface area contributed by atoms with E-state index in [0.29, 0.717) is 19.1 Å². The third kappa shape index (κ3) is 9.13. The summed E-state index contributed by atoms with van der Waals surface area (Å²) in [6, 6.07) is 0.0890. The predicted molar refractivity (Wildman–Crippen MR) is 68.5 cm³/mol. The summed E-state index contributed by atoms with van der Waals surface area (Å²) < 4.78 is 11.4. The van der Waals surface area contributed by atoms with Crippen LogP contribution in [0.15, 0.2) is 0 Å². The lowest BCUT2D eigenvalue weighted by Crippen LogP contribution is -2.32. The smallest absolute Gasteiger partial charge is 0.0781 e. The molecule has 0 aromatic rings. The molecule has 0 aromatic heterocycles. The number of hydrogen-bond donors (Lipinski definition) is 1. The molecule has 3 heteroatoms. The van der Waals surface area contributed by atoms with Gasteiger partial charge in [0, 0.05) is 6.04 Å². The van der Waals surface area contributed by atoms with Crippen molar-refractivity contribution >= 4 is 0 Å². The van der Waals surface area contributed by atoms with Crippen LogP contribution in [0.3, 0.4) is 0 Å². The quantitative estimate of drug-likeness (QED) is 0.698. The van der Waals surface area contributed by atoms with Gasteiger partial charge in [-0.15, -0.1) is 0 Å². The highest BCUT2D eigenvalue weighted by Gasteiger charge is 2.21. The van der Waals surface area contributed by atoms with Crippen molar-refractivity contribution in [2.24, 2.45) is 11.7 Å². The topological polar surface area (TPSA) is 44.5 Å². The fraction of sp³-hybridized carbons (Fsp3) is 1.00. The standard InChI is InChI=1S/C13H29NO2/c1-10(2)7-13(5,6)16-9-12(4)15-8-11(3)14/h10-12H,7-9,14H2,1-6H3/t11-,12?/m0/s1. The van der Waals surface area contributed by atoms with E-state index in [0.717, 1.165) is 6.42 Å². The SMILES string of the molecule is CC(C)CC(C)(C)OCC(C)OC[C@H](C)N. The second-order valence-corrected chi connectivity index (χ2v) is 5.79. The van der Waals surface area contributed by atoms with Gasteiger partial charge in [0.05, 0.1) is 24.9 Å². The molecule has 0 saturated heterocycles. The summed E-state index contributed by atoms with van der Waals surface area (Å²) in [4.78, 5) is 0. The molecule has 0 fully saturated rings. The Morgan fingerprint density at radius 3 is 2.06 bits per heavy atom. The van der Waals surface area contributed by atoms with Gasteiger partial charge in [0.15, 0.2) is 0 Å². The zero-order chi connectivity index (χ0) is 12.8. The Kier molecular flexibility index (Phi) is 7.20. The van der Waals surface area contributed by atoms with Crippen molar-refractivity contribution in [1.82, 2.24) is 0 Å². The molecule has 0 radical (unpaired) electrons. The Hall–Kier alpha value is -0.120. The molecule has 0 aliphatic heterocycles. The molecule has 16 heavy (non-hydrogen) atoms. The van der Waals surface area contributed by atoms with Crippen LogP contribution in [-0.2, 0) is 9.47 Å². The predicted octanol–water partition coefficient (Wildman–Crippen LogP) is 2.58. The third-order valence-electron chi connectivity index (χ3n) is 2.25. The van der Waals surface area contributed by atoms with Gasteiger partial charge >= 0.3 is 0 Å². The third-order valence-corrected chi connectivity index (χ3v) is 2.25. The molecule has 0 saturated carbocycles. The van der Waals surface area contributed by atoms with Gasteiger partial charge in [-0.2, -0.15) is 0 Å². The van der Waals surface area contributed by atoms with Crippen molar-refractivity contribution in [3.05, 3.63) is 0 Å². The summed E-state index contributed by atoms with van der Waals surface area (Å²) >= 11 is 0. The fourth-order valence-electron chi connectivity index (χ4n) is 1.75. The summed E-state index contributed by atoms with van der Waals surface area (Å²) in [6.45, 7) is 13.9. The monoisotopic (exact) mass is 231 g/mol. The molecule has 0 rings (SSSR count). The molecular weight excluding hydrogens is 202 g/mol.